The van der Waals surface area contributed by atoms with Crippen LogP contribution >= 0.6 is 11.6 Å². The Bertz CT molecular complexity index is 410. The van der Waals surface area contributed by atoms with E-state index >= 15 is 0 Å². The number of hydrogen-bond acceptors (Lipinski definition) is 4. The molecular weight excluding hydrogens is 266 g/mol. The van der Waals surface area contributed by atoms with E-state index in [1.807, 2.05) is 6.07 Å². The quantitative estimate of drug-likeness (QED) is 0.834. The molecule has 4 nitrogen and oxygen atoms in total. The summed E-state index contributed by atoms with van der Waals surface area (Å²) in [6, 6.07) is 3.76. The molecular formula is C14H22ClNO3. The first-order valence-electron chi connectivity index (χ1n) is 6.20. The van der Waals surface area contributed by atoms with Crippen LogP contribution in [0.15, 0.2) is 12.1 Å². The fourth-order valence-corrected chi connectivity index (χ4v) is 1.95. The lowest BCUT2D eigenvalue weighted by Crippen LogP contribution is -2.30. The number of benzene rings is 1. The molecule has 0 amide bonds. The normalized spacial score (nSPS) is 12.4. The molecule has 5 heteroatoms. The summed E-state index contributed by atoms with van der Waals surface area (Å²) in [6.07, 6.45) is 0. The average molecular weight is 288 g/mol. The summed E-state index contributed by atoms with van der Waals surface area (Å²) in [5, 5.41) is 3.98. The monoisotopic (exact) mass is 287 g/mol. The molecule has 0 heterocycles. The van der Waals surface area contributed by atoms with Gasteiger partial charge in [-0.25, -0.2) is 0 Å². The van der Waals surface area contributed by atoms with E-state index in [1.54, 1.807) is 27.4 Å². The Balaban J connectivity index is 2.99. The van der Waals surface area contributed by atoms with Gasteiger partial charge in [-0.15, -0.1) is 0 Å². The second-order valence-electron chi connectivity index (χ2n) is 4.64. The van der Waals surface area contributed by atoms with E-state index in [0.717, 1.165) is 5.69 Å². The van der Waals surface area contributed by atoms with Gasteiger partial charge in [0.15, 0.2) is 11.5 Å². The van der Waals surface area contributed by atoms with E-state index in [4.69, 9.17) is 25.8 Å². The van der Waals surface area contributed by atoms with Crippen molar-refractivity contribution in [3.8, 4) is 11.5 Å². The van der Waals surface area contributed by atoms with Gasteiger partial charge in [-0.1, -0.05) is 25.4 Å². The van der Waals surface area contributed by atoms with Crippen molar-refractivity contribution in [3.63, 3.8) is 0 Å². The molecule has 1 rings (SSSR count). The Morgan fingerprint density at radius 2 is 1.68 bits per heavy atom. The molecule has 0 saturated carbocycles. The molecule has 0 aliphatic carbocycles. The Hall–Kier alpha value is -1.13. The average Bonchev–Trinajstić information content (AvgIpc) is 2.39. The van der Waals surface area contributed by atoms with Crippen molar-refractivity contribution in [2.24, 2.45) is 5.92 Å². The number of methoxy groups -OCH3 is 3. The van der Waals surface area contributed by atoms with Gasteiger partial charge in [0.25, 0.3) is 0 Å². The van der Waals surface area contributed by atoms with E-state index < -0.39 is 0 Å². The van der Waals surface area contributed by atoms with Gasteiger partial charge in [-0.3, -0.25) is 0 Å². The van der Waals surface area contributed by atoms with Gasteiger partial charge in [0.2, 0.25) is 0 Å². The number of rotatable bonds is 7. The molecule has 0 spiro atoms. The first-order valence-corrected chi connectivity index (χ1v) is 6.58. The van der Waals surface area contributed by atoms with Gasteiger partial charge in [-0.2, -0.15) is 0 Å². The second kappa shape index (κ2) is 7.46. The summed E-state index contributed by atoms with van der Waals surface area (Å²) in [7, 11) is 4.88. The number of nitrogens with one attached hydrogen (secondary N) is 1. The molecule has 1 aromatic carbocycles. The first kappa shape index (κ1) is 15.9. The molecule has 0 bridgehead atoms. The minimum Gasteiger partial charge on any atom is -0.493 e. The smallest absolute Gasteiger partial charge is 0.162 e. The highest BCUT2D eigenvalue weighted by molar-refractivity contribution is 6.33. The lowest BCUT2D eigenvalue weighted by atomic mass is 10.0. The van der Waals surface area contributed by atoms with Gasteiger partial charge in [0.1, 0.15) is 0 Å². The summed E-state index contributed by atoms with van der Waals surface area (Å²) in [4.78, 5) is 0. The van der Waals surface area contributed by atoms with E-state index in [2.05, 4.69) is 19.2 Å². The largest absolute Gasteiger partial charge is 0.493 e. The maximum Gasteiger partial charge on any atom is 0.162 e. The van der Waals surface area contributed by atoms with Crippen LogP contribution in [0.2, 0.25) is 5.02 Å². The van der Waals surface area contributed by atoms with Gasteiger partial charge in [0.05, 0.1) is 37.6 Å². The van der Waals surface area contributed by atoms with Crippen LogP contribution < -0.4 is 14.8 Å². The minimum absolute atomic E-state index is 0.181. The highest BCUT2D eigenvalue weighted by Crippen LogP contribution is 2.36. The van der Waals surface area contributed by atoms with Gasteiger partial charge >= 0.3 is 0 Å². The molecule has 0 saturated heterocycles. The van der Waals surface area contributed by atoms with Gasteiger partial charge in [-0.05, 0) is 5.92 Å². The van der Waals surface area contributed by atoms with Gasteiger partial charge < -0.3 is 19.5 Å². The molecule has 19 heavy (non-hydrogen) atoms. The van der Waals surface area contributed by atoms with E-state index in [1.165, 1.54) is 0 Å². The number of anilines is 1. The van der Waals surface area contributed by atoms with Crippen molar-refractivity contribution >= 4 is 17.3 Å². The van der Waals surface area contributed by atoms with Crippen molar-refractivity contribution in [2.45, 2.75) is 19.9 Å². The number of hydrogen-bond donors (Lipinski definition) is 1. The van der Waals surface area contributed by atoms with Crippen LogP contribution in [0.4, 0.5) is 5.69 Å². The predicted molar refractivity (Wildman–Crippen MR) is 78.7 cm³/mol. The fraction of sp³-hybridized carbons (Fsp3) is 0.571. The maximum absolute atomic E-state index is 6.25. The van der Waals surface area contributed by atoms with Crippen molar-refractivity contribution in [3.05, 3.63) is 17.2 Å². The summed E-state index contributed by atoms with van der Waals surface area (Å²) < 4.78 is 15.7. The third-order valence-corrected chi connectivity index (χ3v) is 3.28. The molecule has 0 aromatic heterocycles. The Labute approximate surface area is 120 Å². The lowest BCUT2D eigenvalue weighted by molar-refractivity contribution is 0.171. The maximum atomic E-state index is 6.25. The SMILES string of the molecule is COCC(Nc1cc(OC)c(OC)cc1Cl)C(C)C. The standard InChI is InChI=1S/C14H22ClNO3/c1-9(2)12(8-17-3)16-11-7-14(19-5)13(18-4)6-10(11)15/h6-7,9,12,16H,8H2,1-5H3. The summed E-state index contributed by atoms with van der Waals surface area (Å²) in [6.45, 7) is 4.87. The molecule has 0 aliphatic heterocycles. The van der Waals surface area contributed by atoms with Crippen LogP contribution in [0.1, 0.15) is 13.8 Å². The molecule has 1 N–H and O–H groups in total. The molecule has 1 atom stereocenters. The molecule has 1 aromatic rings. The molecule has 1 unspecified atom stereocenters. The van der Waals surface area contributed by atoms with E-state index in [-0.39, 0.29) is 6.04 Å². The zero-order valence-corrected chi connectivity index (χ0v) is 12.9. The molecule has 0 fully saturated rings. The van der Waals surface area contributed by atoms with Gasteiger partial charge in [0, 0.05) is 19.2 Å². The minimum atomic E-state index is 0.181. The summed E-state index contributed by atoms with van der Waals surface area (Å²) in [5.41, 5.74) is 0.815. The van der Waals surface area contributed by atoms with Crippen molar-refractivity contribution in [1.82, 2.24) is 0 Å². The fourth-order valence-electron chi connectivity index (χ4n) is 1.74. The first-order chi connectivity index (χ1) is 9.03. The summed E-state index contributed by atoms with van der Waals surface area (Å²) in [5.74, 6) is 1.68. The van der Waals surface area contributed by atoms with E-state index in [0.29, 0.717) is 29.0 Å². The van der Waals surface area contributed by atoms with Crippen LogP contribution in [0.25, 0.3) is 0 Å². The second-order valence-corrected chi connectivity index (χ2v) is 5.04. The third kappa shape index (κ3) is 4.18. The van der Waals surface area contributed by atoms with Crippen LogP contribution in [0.3, 0.4) is 0 Å². The number of halogens is 1. The molecule has 108 valence electrons. The molecule has 0 radical (unpaired) electrons. The molecule has 0 aliphatic rings. The lowest BCUT2D eigenvalue weighted by Gasteiger charge is -2.24. The number of ether oxygens (including phenoxy) is 3. The Kier molecular flexibility index (Phi) is 6.25. The van der Waals surface area contributed by atoms with Crippen LogP contribution in [0, 0.1) is 5.92 Å². The predicted octanol–water partition coefficient (Wildman–Crippen LogP) is 3.44. The zero-order chi connectivity index (χ0) is 14.4. The third-order valence-electron chi connectivity index (χ3n) is 2.97. The summed E-state index contributed by atoms with van der Waals surface area (Å²) >= 11 is 6.25. The van der Waals surface area contributed by atoms with Crippen LogP contribution in [0.5, 0.6) is 11.5 Å². The van der Waals surface area contributed by atoms with Crippen molar-refractivity contribution in [1.29, 1.82) is 0 Å². The van der Waals surface area contributed by atoms with Crippen LogP contribution in [-0.4, -0.2) is 34.0 Å². The van der Waals surface area contributed by atoms with Crippen LogP contribution in [-0.2, 0) is 4.74 Å². The Morgan fingerprint density at radius 3 is 2.16 bits per heavy atom. The van der Waals surface area contributed by atoms with E-state index in [9.17, 15) is 0 Å². The zero-order valence-electron chi connectivity index (χ0n) is 12.1. The topological polar surface area (TPSA) is 39.7 Å². The Morgan fingerprint density at radius 1 is 1.11 bits per heavy atom. The van der Waals surface area contributed by atoms with Crippen molar-refractivity contribution < 1.29 is 14.2 Å². The highest BCUT2D eigenvalue weighted by atomic mass is 35.5. The highest BCUT2D eigenvalue weighted by Gasteiger charge is 2.16. The van der Waals surface area contributed by atoms with Crippen molar-refractivity contribution in [2.75, 3.05) is 33.3 Å².